The Hall–Kier alpha value is -1.73. The Morgan fingerprint density at radius 1 is 1.47 bits per heavy atom. The molecule has 0 bridgehead atoms. The molecule has 100 valence electrons. The molecular formula is C12H14BrN5O. The molecule has 0 aliphatic carbocycles. The number of carbonyl (C=O) groups is 1. The smallest absolute Gasteiger partial charge is 0.238 e. The lowest BCUT2D eigenvalue weighted by atomic mass is 10.3. The number of aryl methyl sites for hydroxylation is 1. The van der Waals surface area contributed by atoms with Crippen molar-refractivity contribution in [1.82, 2.24) is 20.1 Å². The van der Waals surface area contributed by atoms with E-state index in [1.54, 1.807) is 10.9 Å². The van der Waals surface area contributed by atoms with Gasteiger partial charge in [-0.15, -0.1) is 10.2 Å². The average Bonchev–Trinajstić information content (AvgIpc) is 2.75. The van der Waals surface area contributed by atoms with E-state index in [1.165, 1.54) is 0 Å². The van der Waals surface area contributed by atoms with Gasteiger partial charge in [-0.3, -0.25) is 4.79 Å². The van der Waals surface area contributed by atoms with Gasteiger partial charge in [-0.2, -0.15) is 0 Å². The van der Waals surface area contributed by atoms with Crippen LogP contribution in [-0.2, 0) is 18.4 Å². The summed E-state index contributed by atoms with van der Waals surface area (Å²) in [7, 11) is 1.86. The van der Waals surface area contributed by atoms with E-state index >= 15 is 0 Å². The summed E-state index contributed by atoms with van der Waals surface area (Å²) in [5.41, 5.74) is 0.764. The predicted octanol–water partition coefficient (Wildman–Crippen LogP) is 1.31. The molecule has 2 N–H and O–H groups in total. The maximum atomic E-state index is 11.7. The van der Waals surface area contributed by atoms with Crippen LogP contribution in [0.15, 0.2) is 35.1 Å². The van der Waals surface area contributed by atoms with E-state index in [-0.39, 0.29) is 12.5 Å². The molecule has 2 rings (SSSR count). The van der Waals surface area contributed by atoms with E-state index in [0.29, 0.717) is 6.54 Å². The molecule has 0 fully saturated rings. The van der Waals surface area contributed by atoms with Gasteiger partial charge in [0.25, 0.3) is 0 Å². The van der Waals surface area contributed by atoms with Crippen molar-refractivity contribution in [3.8, 4) is 0 Å². The Balaban J connectivity index is 1.77. The topological polar surface area (TPSA) is 71.8 Å². The summed E-state index contributed by atoms with van der Waals surface area (Å²) in [6.07, 6.45) is 1.62. The van der Waals surface area contributed by atoms with Crippen molar-refractivity contribution in [2.24, 2.45) is 7.05 Å². The summed E-state index contributed by atoms with van der Waals surface area (Å²) in [4.78, 5) is 11.7. The van der Waals surface area contributed by atoms with E-state index < -0.39 is 0 Å². The van der Waals surface area contributed by atoms with Gasteiger partial charge < -0.3 is 15.2 Å². The highest BCUT2D eigenvalue weighted by Gasteiger charge is 2.04. The molecule has 0 unspecified atom stereocenters. The van der Waals surface area contributed by atoms with Crippen LogP contribution in [-0.4, -0.2) is 27.2 Å². The zero-order valence-electron chi connectivity index (χ0n) is 10.4. The Morgan fingerprint density at radius 2 is 2.32 bits per heavy atom. The van der Waals surface area contributed by atoms with Crippen LogP contribution in [0.25, 0.3) is 0 Å². The van der Waals surface area contributed by atoms with Crippen LogP contribution < -0.4 is 10.6 Å². The fourth-order valence-electron chi connectivity index (χ4n) is 1.53. The van der Waals surface area contributed by atoms with Gasteiger partial charge in [0.05, 0.1) is 13.1 Å². The number of nitrogens with zero attached hydrogens (tertiary/aromatic N) is 3. The Labute approximate surface area is 119 Å². The van der Waals surface area contributed by atoms with Gasteiger partial charge in [-0.25, -0.2) is 0 Å². The Kier molecular flexibility index (Phi) is 4.64. The second-order valence-electron chi connectivity index (χ2n) is 4.02. The van der Waals surface area contributed by atoms with Crippen molar-refractivity contribution in [1.29, 1.82) is 0 Å². The van der Waals surface area contributed by atoms with Gasteiger partial charge in [0.1, 0.15) is 12.2 Å². The van der Waals surface area contributed by atoms with Crippen molar-refractivity contribution in [2.45, 2.75) is 6.54 Å². The lowest BCUT2D eigenvalue weighted by Gasteiger charge is -2.06. The first-order valence-corrected chi connectivity index (χ1v) is 6.53. The van der Waals surface area contributed by atoms with Gasteiger partial charge in [0.2, 0.25) is 5.91 Å². The first-order chi connectivity index (χ1) is 9.15. The van der Waals surface area contributed by atoms with Crippen LogP contribution in [0, 0.1) is 0 Å². The summed E-state index contributed by atoms with van der Waals surface area (Å²) in [6.45, 7) is 0.724. The molecule has 19 heavy (non-hydrogen) atoms. The van der Waals surface area contributed by atoms with E-state index in [0.717, 1.165) is 16.0 Å². The van der Waals surface area contributed by atoms with Crippen LogP contribution in [0.3, 0.4) is 0 Å². The molecule has 0 saturated heterocycles. The van der Waals surface area contributed by atoms with Crippen molar-refractivity contribution < 1.29 is 4.79 Å². The maximum Gasteiger partial charge on any atom is 0.238 e. The zero-order chi connectivity index (χ0) is 13.7. The monoisotopic (exact) mass is 323 g/mol. The standard InChI is InChI=1S/C12H14BrN5O/c1-18-8-15-17-11(18)6-14-7-12(19)16-10-4-2-3-9(13)5-10/h2-5,8,14H,6-7H2,1H3,(H,16,19). The molecule has 1 amide bonds. The molecule has 1 aromatic heterocycles. The first-order valence-electron chi connectivity index (χ1n) is 5.74. The quantitative estimate of drug-likeness (QED) is 0.870. The number of halogens is 1. The molecule has 0 saturated carbocycles. The van der Waals surface area contributed by atoms with Gasteiger partial charge in [0, 0.05) is 17.2 Å². The highest BCUT2D eigenvalue weighted by Crippen LogP contribution is 2.15. The molecule has 7 heteroatoms. The molecule has 2 aromatic rings. The van der Waals surface area contributed by atoms with E-state index in [9.17, 15) is 4.79 Å². The third kappa shape index (κ3) is 4.15. The van der Waals surface area contributed by atoms with E-state index in [1.807, 2.05) is 31.3 Å². The number of benzene rings is 1. The maximum absolute atomic E-state index is 11.7. The highest BCUT2D eigenvalue weighted by atomic mass is 79.9. The number of amides is 1. The van der Waals surface area contributed by atoms with Crippen molar-refractivity contribution in [2.75, 3.05) is 11.9 Å². The zero-order valence-corrected chi connectivity index (χ0v) is 12.0. The molecule has 0 spiro atoms. The summed E-state index contributed by atoms with van der Waals surface area (Å²) in [5, 5.41) is 13.5. The van der Waals surface area contributed by atoms with Crippen molar-refractivity contribution in [3.05, 3.63) is 40.9 Å². The summed E-state index contributed by atoms with van der Waals surface area (Å²) in [5.74, 6) is 0.690. The number of carbonyl (C=O) groups excluding carboxylic acids is 1. The predicted molar refractivity (Wildman–Crippen MR) is 75.5 cm³/mol. The molecule has 0 aliphatic rings. The third-order valence-electron chi connectivity index (χ3n) is 2.48. The summed E-state index contributed by atoms with van der Waals surface area (Å²) in [6, 6.07) is 7.46. The Morgan fingerprint density at radius 3 is 3.00 bits per heavy atom. The van der Waals surface area contributed by atoms with Gasteiger partial charge in [-0.1, -0.05) is 22.0 Å². The van der Waals surface area contributed by atoms with Crippen LogP contribution in [0.5, 0.6) is 0 Å². The normalized spacial score (nSPS) is 10.4. The SMILES string of the molecule is Cn1cnnc1CNCC(=O)Nc1cccc(Br)c1. The van der Waals surface area contributed by atoms with Crippen LogP contribution >= 0.6 is 15.9 Å². The number of anilines is 1. The third-order valence-corrected chi connectivity index (χ3v) is 2.98. The minimum atomic E-state index is -0.0970. The van der Waals surface area contributed by atoms with Crippen LogP contribution in [0.4, 0.5) is 5.69 Å². The number of hydrogen-bond donors (Lipinski definition) is 2. The number of aromatic nitrogens is 3. The van der Waals surface area contributed by atoms with Gasteiger partial charge >= 0.3 is 0 Å². The highest BCUT2D eigenvalue weighted by molar-refractivity contribution is 9.10. The van der Waals surface area contributed by atoms with Crippen molar-refractivity contribution in [3.63, 3.8) is 0 Å². The minimum Gasteiger partial charge on any atom is -0.325 e. The molecule has 0 atom stereocenters. The Bertz CT molecular complexity index is 569. The van der Waals surface area contributed by atoms with E-state index in [2.05, 4.69) is 36.8 Å². The van der Waals surface area contributed by atoms with Crippen molar-refractivity contribution >= 4 is 27.5 Å². The number of hydrogen-bond acceptors (Lipinski definition) is 4. The lowest BCUT2D eigenvalue weighted by molar-refractivity contribution is -0.115. The molecule has 0 radical (unpaired) electrons. The minimum absolute atomic E-state index is 0.0970. The molecule has 0 aliphatic heterocycles. The average molecular weight is 324 g/mol. The molecule has 1 aromatic carbocycles. The fourth-order valence-corrected chi connectivity index (χ4v) is 1.93. The second kappa shape index (κ2) is 6.44. The molecule has 6 nitrogen and oxygen atoms in total. The molecular weight excluding hydrogens is 310 g/mol. The van der Waals surface area contributed by atoms with Gasteiger partial charge in [0.15, 0.2) is 0 Å². The lowest BCUT2D eigenvalue weighted by Crippen LogP contribution is -2.28. The first kappa shape index (κ1) is 13.7. The van der Waals surface area contributed by atoms with Crippen LogP contribution in [0.1, 0.15) is 5.82 Å². The number of rotatable bonds is 5. The second-order valence-corrected chi connectivity index (χ2v) is 4.94. The van der Waals surface area contributed by atoms with Crippen LogP contribution in [0.2, 0.25) is 0 Å². The van der Waals surface area contributed by atoms with Gasteiger partial charge in [-0.05, 0) is 18.2 Å². The largest absolute Gasteiger partial charge is 0.325 e. The molecule has 1 heterocycles. The summed E-state index contributed by atoms with van der Waals surface area (Å²) >= 11 is 3.35. The number of nitrogens with one attached hydrogen (secondary N) is 2. The van der Waals surface area contributed by atoms with E-state index in [4.69, 9.17) is 0 Å². The summed E-state index contributed by atoms with van der Waals surface area (Å²) < 4.78 is 2.73. The fraction of sp³-hybridized carbons (Fsp3) is 0.250.